The Morgan fingerprint density at radius 2 is 1.93 bits per heavy atom. The third-order valence-electron chi connectivity index (χ3n) is 4.88. The molecule has 27 heavy (non-hydrogen) atoms. The summed E-state index contributed by atoms with van der Waals surface area (Å²) in [5.41, 5.74) is 2.01. The van der Waals surface area contributed by atoms with Crippen molar-refractivity contribution in [1.82, 2.24) is 10.2 Å². The molecule has 1 aromatic carbocycles. The second-order valence-electron chi connectivity index (χ2n) is 6.83. The van der Waals surface area contributed by atoms with Crippen molar-refractivity contribution in [2.75, 3.05) is 11.9 Å². The lowest BCUT2D eigenvalue weighted by Crippen LogP contribution is -2.51. The molecule has 0 saturated carbocycles. The molecule has 0 spiro atoms. The summed E-state index contributed by atoms with van der Waals surface area (Å²) in [5, 5.41) is 5.86. The number of nitrogens with one attached hydrogen (secondary N) is 2. The number of benzene rings is 1. The fourth-order valence-electron chi connectivity index (χ4n) is 3.42. The fourth-order valence-corrected chi connectivity index (χ4v) is 3.42. The van der Waals surface area contributed by atoms with Gasteiger partial charge in [-0.15, -0.1) is 0 Å². The van der Waals surface area contributed by atoms with Gasteiger partial charge in [0.05, 0.1) is 11.1 Å². The molecule has 1 saturated heterocycles. The number of carbonyl (C=O) groups is 4. The fraction of sp³-hybridized carbons (Fsp3) is 0.400. The second kappa shape index (κ2) is 8.16. The van der Waals surface area contributed by atoms with Crippen LogP contribution in [0.15, 0.2) is 30.5 Å². The van der Waals surface area contributed by atoms with Crippen LogP contribution in [0.25, 0.3) is 0 Å². The number of anilines is 1. The zero-order valence-corrected chi connectivity index (χ0v) is 15.1. The van der Waals surface area contributed by atoms with Gasteiger partial charge in [-0.05, 0) is 43.9 Å². The molecule has 0 aromatic heterocycles. The number of amides is 3. The highest BCUT2D eigenvalue weighted by Gasteiger charge is 2.43. The highest BCUT2D eigenvalue weighted by molar-refractivity contribution is 6.23. The molecule has 2 aliphatic heterocycles. The molecule has 7 nitrogen and oxygen atoms in total. The number of fused-ring (bicyclic) bond motifs is 1. The van der Waals surface area contributed by atoms with Crippen molar-refractivity contribution in [3.63, 3.8) is 0 Å². The minimum absolute atomic E-state index is 0.322. The van der Waals surface area contributed by atoms with Crippen molar-refractivity contribution in [2.24, 2.45) is 0 Å². The number of piperidine rings is 1. The summed E-state index contributed by atoms with van der Waals surface area (Å²) in [6.45, 7) is 4.44. The Bertz CT molecular complexity index is 802. The lowest BCUT2D eigenvalue weighted by Gasteiger charge is -2.29. The molecule has 1 unspecified atom stereocenters. The maximum atomic E-state index is 12.8. The van der Waals surface area contributed by atoms with Gasteiger partial charge in [0, 0.05) is 24.4 Å². The number of hydrogen-bond acceptors (Lipinski definition) is 5. The van der Waals surface area contributed by atoms with Crippen molar-refractivity contribution in [2.45, 2.75) is 44.6 Å². The van der Waals surface area contributed by atoms with Crippen LogP contribution in [0, 0.1) is 0 Å². The Kier molecular flexibility index (Phi) is 5.69. The van der Waals surface area contributed by atoms with E-state index in [1.54, 1.807) is 18.2 Å². The summed E-state index contributed by atoms with van der Waals surface area (Å²) < 4.78 is 0. The minimum Gasteiger partial charge on any atom is -0.385 e. The van der Waals surface area contributed by atoms with Crippen molar-refractivity contribution in [3.8, 4) is 0 Å². The number of aldehydes is 1. The van der Waals surface area contributed by atoms with E-state index in [0.717, 1.165) is 42.7 Å². The van der Waals surface area contributed by atoms with Crippen molar-refractivity contribution < 1.29 is 19.2 Å². The Morgan fingerprint density at radius 1 is 1.15 bits per heavy atom. The molecule has 2 aliphatic rings. The van der Waals surface area contributed by atoms with Gasteiger partial charge in [0.2, 0.25) is 5.91 Å². The highest BCUT2D eigenvalue weighted by Crippen LogP contribution is 2.30. The van der Waals surface area contributed by atoms with Crippen LogP contribution < -0.4 is 10.6 Å². The zero-order chi connectivity index (χ0) is 19.4. The molecule has 1 aromatic rings. The van der Waals surface area contributed by atoms with Gasteiger partial charge in [0.1, 0.15) is 12.3 Å². The number of imide groups is 1. The van der Waals surface area contributed by atoms with Crippen molar-refractivity contribution in [1.29, 1.82) is 0 Å². The van der Waals surface area contributed by atoms with Crippen LogP contribution in [0.5, 0.6) is 0 Å². The minimum atomic E-state index is -0.794. The predicted octanol–water partition coefficient (Wildman–Crippen LogP) is 2.25. The number of rotatable bonds is 8. The van der Waals surface area contributed by atoms with Crippen LogP contribution in [-0.4, -0.2) is 41.5 Å². The van der Waals surface area contributed by atoms with Crippen LogP contribution >= 0.6 is 0 Å². The molecule has 3 rings (SSSR count). The van der Waals surface area contributed by atoms with E-state index in [9.17, 15) is 19.2 Å². The molecule has 142 valence electrons. The van der Waals surface area contributed by atoms with Gasteiger partial charge in [-0.2, -0.15) is 0 Å². The first-order valence-corrected chi connectivity index (χ1v) is 9.21. The lowest BCUT2D eigenvalue weighted by atomic mass is 10.0. The van der Waals surface area contributed by atoms with Crippen LogP contribution in [0.3, 0.4) is 0 Å². The molecule has 1 atom stereocenters. The van der Waals surface area contributed by atoms with Crippen LogP contribution in [0.4, 0.5) is 5.69 Å². The molecular formula is C20H23N3O4. The Hall–Kier alpha value is -2.96. The Morgan fingerprint density at radius 3 is 2.67 bits per heavy atom. The maximum Gasteiger partial charge on any atom is 0.262 e. The molecule has 1 fully saturated rings. The van der Waals surface area contributed by atoms with Crippen molar-refractivity contribution in [3.05, 3.63) is 41.6 Å². The third-order valence-corrected chi connectivity index (χ3v) is 4.88. The first-order valence-electron chi connectivity index (χ1n) is 9.21. The van der Waals surface area contributed by atoms with Crippen LogP contribution in [0.1, 0.15) is 59.2 Å². The highest BCUT2D eigenvalue weighted by atomic mass is 16.2. The smallest absolute Gasteiger partial charge is 0.262 e. The summed E-state index contributed by atoms with van der Waals surface area (Å²) in [7, 11) is 0. The Labute approximate surface area is 157 Å². The predicted molar refractivity (Wildman–Crippen MR) is 100 cm³/mol. The van der Waals surface area contributed by atoms with Gasteiger partial charge in [-0.25, -0.2) is 0 Å². The van der Waals surface area contributed by atoms with E-state index in [0.29, 0.717) is 36.1 Å². The monoisotopic (exact) mass is 369 g/mol. The molecule has 2 heterocycles. The van der Waals surface area contributed by atoms with Gasteiger partial charge < -0.3 is 15.4 Å². The maximum absolute atomic E-state index is 12.8. The number of hydrogen-bond donors (Lipinski definition) is 2. The van der Waals surface area contributed by atoms with Gasteiger partial charge in [-0.3, -0.25) is 19.3 Å². The average Bonchev–Trinajstić information content (AvgIpc) is 2.89. The van der Waals surface area contributed by atoms with E-state index in [1.807, 2.05) is 0 Å². The van der Waals surface area contributed by atoms with Crippen molar-refractivity contribution >= 4 is 29.7 Å². The molecule has 0 radical (unpaired) electrons. The standard InChI is InChI=1S/C20H23N3O4/c1-13-6-9-17(18(25)22-13)23-19(26)15-8-7-14(12-16(15)20(23)27)21-10-4-2-3-5-11-24/h7-8,11-12,17,21H,1-6,9-10H2,(H,22,25). The third kappa shape index (κ3) is 3.92. The molecule has 2 N–H and O–H groups in total. The van der Waals surface area contributed by atoms with E-state index in [2.05, 4.69) is 17.2 Å². The van der Waals surface area contributed by atoms with E-state index < -0.39 is 17.9 Å². The van der Waals surface area contributed by atoms with E-state index in [4.69, 9.17) is 0 Å². The summed E-state index contributed by atoms with van der Waals surface area (Å²) in [4.78, 5) is 49.0. The molecule has 7 heteroatoms. The summed E-state index contributed by atoms with van der Waals surface area (Å²) >= 11 is 0. The first kappa shape index (κ1) is 18.8. The zero-order valence-electron chi connectivity index (χ0n) is 15.1. The van der Waals surface area contributed by atoms with Crippen LogP contribution in [0.2, 0.25) is 0 Å². The molecule has 0 bridgehead atoms. The van der Waals surface area contributed by atoms with E-state index >= 15 is 0 Å². The van der Waals surface area contributed by atoms with Crippen LogP contribution in [-0.2, 0) is 9.59 Å². The number of allylic oxidation sites excluding steroid dienone is 1. The molecule has 3 amide bonds. The largest absolute Gasteiger partial charge is 0.385 e. The normalized spacial score (nSPS) is 19.1. The van der Waals surface area contributed by atoms with E-state index in [-0.39, 0.29) is 5.91 Å². The number of carbonyl (C=O) groups excluding carboxylic acids is 4. The first-order chi connectivity index (χ1) is 13.0. The number of unbranched alkanes of at least 4 members (excludes halogenated alkanes) is 3. The SMILES string of the molecule is C=C1CCC(N2C(=O)c3ccc(NCCCCCC=O)cc3C2=O)C(=O)N1. The van der Waals surface area contributed by atoms with Gasteiger partial charge in [0.25, 0.3) is 11.8 Å². The summed E-state index contributed by atoms with van der Waals surface area (Å²) in [6.07, 6.45) is 5.16. The Balaban J connectivity index is 1.66. The average molecular weight is 369 g/mol. The molecular weight excluding hydrogens is 346 g/mol. The summed E-state index contributed by atoms with van der Waals surface area (Å²) in [6, 6.07) is 4.27. The quantitative estimate of drug-likeness (QED) is 0.416. The molecule has 0 aliphatic carbocycles. The van der Waals surface area contributed by atoms with E-state index in [1.165, 1.54) is 0 Å². The second-order valence-corrected chi connectivity index (χ2v) is 6.83. The number of nitrogens with zero attached hydrogens (tertiary/aromatic N) is 1. The topological polar surface area (TPSA) is 95.6 Å². The lowest BCUT2D eigenvalue weighted by molar-refractivity contribution is -0.125. The van der Waals surface area contributed by atoms with Gasteiger partial charge in [-0.1, -0.05) is 13.0 Å². The van der Waals surface area contributed by atoms with Gasteiger partial charge in [0.15, 0.2) is 0 Å². The van der Waals surface area contributed by atoms with Gasteiger partial charge >= 0.3 is 0 Å². The summed E-state index contributed by atoms with van der Waals surface area (Å²) in [5.74, 6) is -1.23.